The third-order valence-electron chi connectivity index (χ3n) is 3.26. The fourth-order valence-electron chi connectivity index (χ4n) is 2.19. The monoisotopic (exact) mass is 325 g/mol. The highest BCUT2D eigenvalue weighted by Crippen LogP contribution is 2.26. The lowest BCUT2D eigenvalue weighted by Crippen LogP contribution is -2.33. The largest absolute Gasteiger partial charge is 0.435 e. The molecule has 0 radical (unpaired) electrons. The molecule has 0 saturated heterocycles. The molecule has 2 N–H and O–H groups in total. The lowest BCUT2D eigenvalue weighted by Gasteiger charge is -2.19. The van der Waals surface area contributed by atoms with Crippen molar-refractivity contribution in [2.75, 3.05) is 19.7 Å². The predicted octanol–water partition coefficient (Wildman–Crippen LogP) is 2.13. The SMILES string of the molecule is CCN(CCO)C(=O)c1cn[nH]c1-c1cccc(OC(F)F)c1. The van der Waals surface area contributed by atoms with Crippen LogP contribution in [-0.2, 0) is 0 Å². The number of H-pyrrole nitrogens is 1. The zero-order valence-corrected chi connectivity index (χ0v) is 12.5. The molecular formula is C15H17F2N3O3. The van der Waals surface area contributed by atoms with Crippen LogP contribution in [-0.4, -0.2) is 52.4 Å². The van der Waals surface area contributed by atoms with Gasteiger partial charge in [-0.25, -0.2) is 0 Å². The smallest absolute Gasteiger partial charge is 0.387 e. The number of hydrogen-bond donors (Lipinski definition) is 2. The summed E-state index contributed by atoms with van der Waals surface area (Å²) >= 11 is 0. The Kier molecular flexibility index (Phi) is 5.64. The second-order valence-electron chi connectivity index (χ2n) is 4.67. The highest BCUT2D eigenvalue weighted by atomic mass is 19.3. The van der Waals surface area contributed by atoms with E-state index in [1.165, 1.54) is 23.2 Å². The average Bonchev–Trinajstić information content (AvgIpc) is 3.01. The third kappa shape index (κ3) is 4.04. The molecular weight excluding hydrogens is 308 g/mol. The van der Waals surface area contributed by atoms with Crippen LogP contribution < -0.4 is 4.74 Å². The molecule has 6 nitrogen and oxygen atoms in total. The summed E-state index contributed by atoms with van der Waals surface area (Å²) < 4.78 is 29.0. The van der Waals surface area contributed by atoms with Gasteiger partial charge in [-0.2, -0.15) is 13.9 Å². The van der Waals surface area contributed by atoms with E-state index in [9.17, 15) is 13.6 Å². The van der Waals surface area contributed by atoms with Gasteiger partial charge in [-0.1, -0.05) is 12.1 Å². The van der Waals surface area contributed by atoms with Crippen molar-refractivity contribution in [1.82, 2.24) is 15.1 Å². The van der Waals surface area contributed by atoms with Gasteiger partial charge >= 0.3 is 6.61 Å². The van der Waals surface area contributed by atoms with Gasteiger partial charge in [-0.3, -0.25) is 9.89 Å². The Morgan fingerprint density at radius 2 is 2.26 bits per heavy atom. The summed E-state index contributed by atoms with van der Waals surface area (Å²) in [5, 5.41) is 15.6. The molecule has 2 aromatic rings. The van der Waals surface area contributed by atoms with Crippen molar-refractivity contribution in [1.29, 1.82) is 0 Å². The minimum atomic E-state index is -2.92. The third-order valence-corrected chi connectivity index (χ3v) is 3.26. The van der Waals surface area contributed by atoms with Crippen LogP contribution in [0, 0.1) is 0 Å². The van der Waals surface area contributed by atoms with E-state index in [1.54, 1.807) is 19.1 Å². The summed E-state index contributed by atoms with van der Waals surface area (Å²) in [4.78, 5) is 14.0. The number of hydrogen-bond acceptors (Lipinski definition) is 4. The number of nitrogens with zero attached hydrogens (tertiary/aromatic N) is 2. The van der Waals surface area contributed by atoms with E-state index in [-0.39, 0.29) is 24.8 Å². The van der Waals surface area contributed by atoms with Crippen LogP contribution in [0.3, 0.4) is 0 Å². The summed E-state index contributed by atoms with van der Waals surface area (Å²) in [5.41, 5.74) is 1.21. The number of rotatable bonds is 7. The van der Waals surface area contributed by atoms with Crippen LogP contribution in [0.2, 0.25) is 0 Å². The van der Waals surface area contributed by atoms with Gasteiger partial charge in [0.1, 0.15) is 5.75 Å². The molecule has 0 aliphatic carbocycles. The zero-order chi connectivity index (χ0) is 16.8. The van der Waals surface area contributed by atoms with E-state index in [4.69, 9.17) is 5.11 Å². The molecule has 0 aliphatic rings. The zero-order valence-electron chi connectivity index (χ0n) is 12.5. The second kappa shape index (κ2) is 7.68. The second-order valence-corrected chi connectivity index (χ2v) is 4.67. The number of alkyl halides is 2. The van der Waals surface area contributed by atoms with Gasteiger partial charge in [-0.05, 0) is 19.1 Å². The summed E-state index contributed by atoms with van der Waals surface area (Å²) in [6, 6.07) is 6.01. The van der Waals surface area contributed by atoms with Crippen molar-refractivity contribution in [3.05, 3.63) is 36.0 Å². The fraction of sp³-hybridized carbons (Fsp3) is 0.333. The van der Waals surface area contributed by atoms with Crippen LogP contribution >= 0.6 is 0 Å². The quantitative estimate of drug-likeness (QED) is 0.817. The normalized spacial score (nSPS) is 10.8. The molecule has 23 heavy (non-hydrogen) atoms. The summed E-state index contributed by atoms with van der Waals surface area (Å²) in [6.07, 6.45) is 1.37. The number of aromatic nitrogens is 2. The van der Waals surface area contributed by atoms with Crippen LogP contribution in [0.15, 0.2) is 30.5 Å². The maximum Gasteiger partial charge on any atom is 0.387 e. The Morgan fingerprint density at radius 1 is 1.48 bits per heavy atom. The Hall–Kier alpha value is -2.48. The van der Waals surface area contributed by atoms with Crippen molar-refractivity contribution >= 4 is 5.91 Å². The topological polar surface area (TPSA) is 78.5 Å². The molecule has 2 rings (SSSR count). The number of halogens is 2. The minimum Gasteiger partial charge on any atom is -0.435 e. The van der Waals surface area contributed by atoms with Gasteiger partial charge in [-0.15, -0.1) is 0 Å². The number of aliphatic hydroxyl groups is 1. The van der Waals surface area contributed by atoms with Crippen molar-refractivity contribution in [2.45, 2.75) is 13.5 Å². The number of amides is 1. The Bertz CT molecular complexity index is 661. The van der Waals surface area contributed by atoms with Crippen LogP contribution in [0.1, 0.15) is 17.3 Å². The maximum atomic E-state index is 12.5. The number of nitrogens with one attached hydrogen (secondary N) is 1. The minimum absolute atomic E-state index is 0.00629. The number of ether oxygens (including phenoxy) is 1. The number of benzene rings is 1. The highest BCUT2D eigenvalue weighted by Gasteiger charge is 2.20. The van der Waals surface area contributed by atoms with Crippen molar-refractivity contribution in [3.63, 3.8) is 0 Å². The Balaban J connectivity index is 2.32. The predicted molar refractivity (Wildman–Crippen MR) is 79.3 cm³/mol. The molecule has 0 saturated carbocycles. The molecule has 1 aromatic heterocycles. The molecule has 0 unspecified atom stereocenters. The number of aliphatic hydroxyl groups excluding tert-OH is 1. The lowest BCUT2D eigenvalue weighted by atomic mass is 10.1. The number of carbonyl (C=O) groups is 1. The molecule has 0 fully saturated rings. The lowest BCUT2D eigenvalue weighted by molar-refractivity contribution is -0.0498. The van der Waals surface area contributed by atoms with E-state index in [1.807, 2.05) is 0 Å². The first-order chi connectivity index (χ1) is 11.1. The molecule has 1 aromatic carbocycles. The maximum absolute atomic E-state index is 12.5. The van der Waals surface area contributed by atoms with Gasteiger partial charge in [0.2, 0.25) is 0 Å². The first kappa shape index (κ1) is 16.9. The average molecular weight is 325 g/mol. The van der Waals surface area contributed by atoms with Crippen molar-refractivity contribution in [3.8, 4) is 17.0 Å². The van der Waals surface area contributed by atoms with Gasteiger partial charge in [0, 0.05) is 18.7 Å². The first-order valence-electron chi connectivity index (χ1n) is 7.05. The number of aromatic amines is 1. The summed E-state index contributed by atoms with van der Waals surface area (Å²) in [5.74, 6) is -0.307. The number of likely N-dealkylation sites (N-methyl/N-ethyl adjacent to an activating group) is 1. The van der Waals surface area contributed by atoms with Gasteiger partial charge < -0.3 is 14.7 Å². The van der Waals surface area contributed by atoms with Crippen LogP contribution in [0.25, 0.3) is 11.3 Å². The van der Waals surface area contributed by atoms with Crippen LogP contribution in [0.4, 0.5) is 8.78 Å². The van der Waals surface area contributed by atoms with Gasteiger partial charge in [0.15, 0.2) is 0 Å². The van der Waals surface area contributed by atoms with E-state index in [2.05, 4.69) is 14.9 Å². The molecule has 0 aliphatic heterocycles. The summed E-state index contributed by atoms with van der Waals surface area (Å²) in [7, 11) is 0. The fourth-order valence-corrected chi connectivity index (χ4v) is 2.19. The Morgan fingerprint density at radius 3 is 2.91 bits per heavy atom. The molecule has 124 valence electrons. The van der Waals surface area contributed by atoms with Gasteiger partial charge in [0.25, 0.3) is 5.91 Å². The van der Waals surface area contributed by atoms with Crippen molar-refractivity contribution in [2.24, 2.45) is 0 Å². The van der Waals surface area contributed by atoms with E-state index >= 15 is 0 Å². The molecule has 0 atom stereocenters. The van der Waals surface area contributed by atoms with Crippen molar-refractivity contribution < 1.29 is 23.4 Å². The molecule has 1 heterocycles. The van der Waals surface area contributed by atoms with E-state index in [0.29, 0.717) is 23.4 Å². The molecule has 0 spiro atoms. The molecule has 1 amide bonds. The standard InChI is InChI=1S/C15H17F2N3O3/c1-2-20(6-7-21)14(22)12-9-18-19-13(12)10-4-3-5-11(8-10)23-15(16)17/h3-5,8-9,15,21H,2,6-7H2,1H3,(H,18,19). The Labute approximate surface area is 131 Å². The molecule has 0 bridgehead atoms. The molecule has 8 heteroatoms. The highest BCUT2D eigenvalue weighted by molar-refractivity contribution is 5.99. The summed E-state index contributed by atoms with van der Waals surface area (Å²) in [6.45, 7) is -0.643. The van der Waals surface area contributed by atoms with E-state index < -0.39 is 6.61 Å². The number of carbonyl (C=O) groups excluding carboxylic acids is 1. The van der Waals surface area contributed by atoms with Crippen LogP contribution in [0.5, 0.6) is 5.75 Å². The van der Waals surface area contributed by atoms with Gasteiger partial charge in [0.05, 0.1) is 24.1 Å². The first-order valence-corrected chi connectivity index (χ1v) is 7.05. The van der Waals surface area contributed by atoms with E-state index in [0.717, 1.165) is 0 Å².